The molecule has 6 aromatic heterocycles. The second kappa shape index (κ2) is 29.4. The third-order valence-electron chi connectivity index (χ3n) is 13.3. The van der Waals surface area contributed by atoms with Gasteiger partial charge in [-0.15, -0.1) is 0 Å². The number of nitrogens with zero attached hydrogens (tertiary/aromatic N) is 6. The highest BCUT2D eigenvalue weighted by molar-refractivity contribution is 6.33. The Morgan fingerprint density at radius 1 is 0.260 bits per heavy atom. The van der Waals surface area contributed by atoms with Crippen LogP contribution in [-0.2, 0) is 33.6 Å². The number of fused-ring (bicyclic) bond motifs is 6. The van der Waals surface area contributed by atoms with E-state index in [0.717, 1.165) is 0 Å². The maximum Gasteiger partial charge on any atom is 0.103 e. The average molecular weight is 1430 g/mol. The first kappa shape index (κ1) is 58.3. The zero-order chi connectivity index (χ0) is 82.8. The van der Waals surface area contributed by atoms with Crippen LogP contribution in [0, 0.1) is 0 Å². The Balaban J connectivity index is 0.000000182. The molecule has 0 radical (unpaired) electrons. The van der Waals surface area contributed by atoms with Gasteiger partial charge in [-0.05, 0) is 228 Å². The van der Waals surface area contributed by atoms with E-state index >= 15 is 0 Å². The van der Waals surface area contributed by atoms with Gasteiger partial charge in [0.15, 0.2) is 0 Å². The Labute approximate surface area is 605 Å². The minimum absolute atomic E-state index is 0.0235. The molecule has 0 aliphatic rings. The molecule has 0 saturated heterocycles. The van der Waals surface area contributed by atoms with Crippen molar-refractivity contribution < 1.29 is 48.5 Å². The SMILES string of the molecule is [2H]c1c(Cl)c([2H])c2cc(N)c(C(C)(C)O)nc2c1[2H].[2H]c1c(Cl)cc([2H])c2nc(C(C)(C)O)c(N)cc12.[2H]c1c(Cl)cc2cc(N)c(C(C)(C)O)nc2c1[2H].[2H]c1c(Cl)ccc2nc(C(C)(C)O)c(N)c([2H])c12.[2H]c1c(N)c(C(C)(C)O)nc2c([2H])cc(Cl)cc12.[2H]c1cc2nc(C(C)(C)O)c(N)c([2H])c2cc1Cl. The molecule has 0 amide bonds. The van der Waals surface area contributed by atoms with Crippen LogP contribution in [0.25, 0.3) is 65.4 Å². The Bertz CT molecular complexity index is 5590. The van der Waals surface area contributed by atoms with E-state index in [1.165, 1.54) is 64.1 Å². The van der Waals surface area contributed by atoms with E-state index in [4.69, 9.17) is 122 Å². The van der Waals surface area contributed by atoms with Gasteiger partial charge in [0.25, 0.3) is 0 Å². The van der Waals surface area contributed by atoms with Crippen LogP contribution in [0.3, 0.4) is 0 Å². The van der Waals surface area contributed by atoms with E-state index < -0.39 is 33.6 Å². The lowest BCUT2D eigenvalue weighted by Crippen LogP contribution is -2.19. The van der Waals surface area contributed by atoms with Gasteiger partial charge in [0.05, 0.1) is 119 Å². The summed E-state index contributed by atoms with van der Waals surface area (Å²) in [4.78, 5) is 25.2. The third-order valence-corrected chi connectivity index (χ3v) is 14.5. The molecule has 6 heterocycles. The van der Waals surface area contributed by atoms with Crippen LogP contribution in [0.15, 0.2) is 145 Å². The minimum atomic E-state index is -1.27. The Hall–Kier alpha value is -7.92. The summed E-state index contributed by atoms with van der Waals surface area (Å²) in [5.74, 6) is 0. The summed E-state index contributed by atoms with van der Waals surface area (Å²) in [5, 5.41) is 63.5. The van der Waals surface area contributed by atoms with E-state index in [2.05, 4.69) is 29.9 Å². The Morgan fingerprint density at radius 3 is 0.969 bits per heavy atom. The average Bonchev–Trinajstić information content (AvgIpc) is 0.792. The van der Waals surface area contributed by atoms with Gasteiger partial charge in [-0.1, -0.05) is 69.6 Å². The molecule has 0 atom stereocenters. The van der Waals surface area contributed by atoms with Gasteiger partial charge in [0.1, 0.15) is 33.6 Å². The maximum absolute atomic E-state index is 9.99. The fourth-order valence-electron chi connectivity index (χ4n) is 9.02. The zero-order valence-corrected chi connectivity index (χ0v) is 58.5. The number of nitrogens with two attached hydrogens (primary N) is 6. The summed E-state index contributed by atoms with van der Waals surface area (Å²) >= 11 is 35.1. The molecule has 0 aliphatic carbocycles. The lowest BCUT2D eigenvalue weighted by molar-refractivity contribution is 0.0745. The second-order valence-electron chi connectivity index (χ2n) is 24.8. The van der Waals surface area contributed by atoms with Crippen molar-refractivity contribution in [1.82, 2.24) is 29.9 Å². The van der Waals surface area contributed by atoms with E-state index in [9.17, 15) is 30.6 Å². The van der Waals surface area contributed by atoms with Crippen LogP contribution < -0.4 is 34.4 Å². The number of nitrogen functional groups attached to an aromatic ring is 6. The molecule has 0 bridgehead atoms. The van der Waals surface area contributed by atoms with Crippen molar-refractivity contribution in [2.45, 2.75) is 117 Å². The van der Waals surface area contributed by atoms with Crippen LogP contribution in [0.1, 0.15) is 135 Å². The highest BCUT2D eigenvalue weighted by atomic mass is 35.5. The van der Waals surface area contributed by atoms with Crippen LogP contribution in [0.5, 0.6) is 0 Å². The van der Waals surface area contributed by atoms with Crippen LogP contribution in [-0.4, -0.2) is 60.5 Å². The zero-order valence-electron chi connectivity index (χ0n) is 66.9. The van der Waals surface area contributed by atoms with Gasteiger partial charge in [-0.25, -0.2) is 29.9 Å². The van der Waals surface area contributed by atoms with Gasteiger partial charge < -0.3 is 65.0 Å². The fourth-order valence-corrected chi connectivity index (χ4v) is 9.97. The summed E-state index contributed by atoms with van der Waals surface area (Å²) in [7, 11) is 0. The van der Waals surface area contributed by atoms with Crippen molar-refractivity contribution >= 4 is 169 Å². The lowest BCUT2D eigenvalue weighted by atomic mass is 10.0. The first-order chi connectivity index (χ1) is 49.7. The number of aliphatic hydroxyl groups is 6. The van der Waals surface area contributed by atoms with Crippen LogP contribution in [0.4, 0.5) is 34.1 Å². The van der Waals surface area contributed by atoms with E-state index in [1.807, 2.05) is 0 Å². The summed E-state index contributed by atoms with van der Waals surface area (Å²) in [6.07, 6.45) is 0. The summed E-state index contributed by atoms with van der Waals surface area (Å²) in [6, 6.07) is 16.5. The highest BCUT2D eigenvalue weighted by Crippen LogP contribution is 2.35. The first-order valence-electron chi connectivity index (χ1n) is 35.2. The molecule has 0 fully saturated rings. The molecule has 6 aromatic carbocycles. The van der Waals surface area contributed by atoms with Gasteiger partial charge in [0, 0.05) is 62.5 Å². The standard InChI is InChI=1S/6C12H13ClN2O/c6*1-12(2,16)11-9(14)6-7-5-8(13)3-4-10(7)15-11/h6*3-6,16H,14H2,1-2H3/i3D,4D,5D;5D,6D;4D,6D;4D,5D;3D,6D;3D,4D. The predicted octanol–water partition coefficient (Wildman–Crippen LogP) is 16.2. The quantitative estimate of drug-likeness (QED) is 0.0736. The summed E-state index contributed by atoms with van der Waals surface area (Å²) in [6.45, 7) is 18.6. The Morgan fingerprint density at radius 2 is 0.531 bits per heavy atom. The van der Waals surface area contributed by atoms with Crippen LogP contribution in [0.2, 0.25) is 30.1 Å². The number of hydrogen-bond acceptors (Lipinski definition) is 18. The maximum atomic E-state index is 9.99. The van der Waals surface area contributed by atoms with E-state index in [1.54, 1.807) is 85.7 Å². The molecule has 12 rings (SSSR count). The molecule has 18 nitrogen and oxygen atoms in total. The van der Waals surface area contributed by atoms with Gasteiger partial charge in [-0.3, -0.25) is 0 Å². The molecule has 18 N–H and O–H groups in total. The molecular formula is C72H78Cl6N12O6. The van der Waals surface area contributed by atoms with Crippen molar-refractivity contribution in [2.24, 2.45) is 0 Å². The molecule has 96 heavy (non-hydrogen) atoms. The van der Waals surface area contributed by atoms with Crippen molar-refractivity contribution in [3.05, 3.63) is 210 Å². The number of aromatic nitrogens is 6. The molecular weight excluding hydrogens is 1340 g/mol. The number of halogens is 6. The number of anilines is 6. The fraction of sp³-hybridized carbons (Fsp3) is 0.250. The molecule has 0 aliphatic heterocycles. The highest BCUT2D eigenvalue weighted by Gasteiger charge is 2.27. The molecule has 0 saturated carbocycles. The molecule has 24 heteroatoms. The summed E-state index contributed by atoms with van der Waals surface area (Å²) < 4.78 is 102. The van der Waals surface area contributed by atoms with Gasteiger partial charge in [0.2, 0.25) is 0 Å². The molecule has 0 spiro atoms. The van der Waals surface area contributed by atoms with E-state index in [0.29, 0.717) is 82.0 Å². The second-order valence-corrected chi connectivity index (χ2v) is 27.2. The minimum Gasteiger partial charge on any atom is -0.397 e. The number of hydrogen-bond donors (Lipinski definition) is 12. The predicted molar refractivity (Wildman–Crippen MR) is 398 cm³/mol. The number of benzene rings is 6. The van der Waals surface area contributed by atoms with Gasteiger partial charge >= 0.3 is 0 Å². The smallest absolute Gasteiger partial charge is 0.103 e. The van der Waals surface area contributed by atoms with Crippen molar-refractivity contribution in [2.75, 3.05) is 34.4 Å². The normalized spacial score (nSPS) is 13.9. The Kier molecular flexibility index (Phi) is 17.9. The monoisotopic (exact) mass is 1430 g/mol. The van der Waals surface area contributed by atoms with Crippen molar-refractivity contribution in [3.63, 3.8) is 0 Å². The van der Waals surface area contributed by atoms with Crippen molar-refractivity contribution in [3.8, 4) is 0 Å². The number of pyridine rings is 6. The lowest BCUT2D eigenvalue weighted by Gasteiger charge is -2.19. The van der Waals surface area contributed by atoms with Gasteiger partial charge in [-0.2, -0.15) is 0 Å². The number of rotatable bonds is 6. The van der Waals surface area contributed by atoms with Crippen LogP contribution >= 0.6 is 69.6 Å². The largest absolute Gasteiger partial charge is 0.397 e. The topological polar surface area (TPSA) is 355 Å². The third kappa shape index (κ3) is 19.6. The first-order valence-corrected chi connectivity index (χ1v) is 31.0. The van der Waals surface area contributed by atoms with E-state index in [-0.39, 0.29) is 160 Å². The van der Waals surface area contributed by atoms with Crippen molar-refractivity contribution in [1.29, 1.82) is 0 Å². The molecule has 12 aromatic rings. The molecule has 0 unspecified atom stereocenters. The molecule has 504 valence electrons. The summed E-state index contributed by atoms with van der Waals surface area (Å²) in [5.41, 5.74) is 32.1.